The zero-order chi connectivity index (χ0) is 19.4. The lowest BCUT2D eigenvalue weighted by Gasteiger charge is -2.14. The number of anilines is 3. The van der Waals surface area contributed by atoms with Gasteiger partial charge in [0, 0.05) is 18.3 Å². The van der Waals surface area contributed by atoms with Gasteiger partial charge < -0.3 is 21.3 Å². The predicted octanol–water partition coefficient (Wildman–Crippen LogP) is 1.72. The number of hydrogen-bond donors (Lipinski definition) is 4. The van der Waals surface area contributed by atoms with E-state index in [1.54, 1.807) is 48.5 Å². The van der Waals surface area contributed by atoms with E-state index in [-0.39, 0.29) is 12.3 Å². The Bertz CT molecular complexity index is 925. The Morgan fingerprint density at radius 2 is 1.70 bits per heavy atom. The van der Waals surface area contributed by atoms with Crippen molar-refractivity contribution in [2.75, 3.05) is 16.0 Å². The average molecular weight is 366 g/mol. The number of carbonyl (C=O) groups is 4. The van der Waals surface area contributed by atoms with Gasteiger partial charge >= 0.3 is 0 Å². The summed E-state index contributed by atoms with van der Waals surface area (Å²) in [5.41, 5.74) is 1.76. The molecule has 1 aliphatic rings. The SMILES string of the molecule is CC(=O)Nc1cccc(NC(=O)C[C@@H]2NC(=O)c3ccccc3NC2=O)c1. The van der Waals surface area contributed by atoms with Gasteiger partial charge in [0.15, 0.2) is 0 Å². The number of nitrogens with one attached hydrogen (secondary N) is 4. The van der Waals surface area contributed by atoms with Crippen molar-refractivity contribution in [1.82, 2.24) is 5.32 Å². The Kier molecular flexibility index (Phi) is 5.16. The van der Waals surface area contributed by atoms with E-state index in [0.717, 1.165) is 0 Å². The molecule has 0 aliphatic carbocycles. The van der Waals surface area contributed by atoms with Crippen molar-refractivity contribution in [2.24, 2.45) is 0 Å². The fourth-order valence-electron chi connectivity index (χ4n) is 2.73. The molecule has 138 valence electrons. The molecule has 1 atom stereocenters. The molecule has 0 unspecified atom stereocenters. The molecule has 0 aromatic heterocycles. The summed E-state index contributed by atoms with van der Waals surface area (Å²) in [4.78, 5) is 48.0. The summed E-state index contributed by atoms with van der Waals surface area (Å²) in [6, 6.07) is 12.3. The Balaban J connectivity index is 1.67. The fourth-order valence-corrected chi connectivity index (χ4v) is 2.73. The van der Waals surface area contributed by atoms with E-state index in [1.807, 2.05) is 0 Å². The molecule has 4 amide bonds. The van der Waals surface area contributed by atoms with Crippen LogP contribution in [0.25, 0.3) is 0 Å². The van der Waals surface area contributed by atoms with Gasteiger partial charge in [0.25, 0.3) is 5.91 Å². The average Bonchev–Trinajstić information content (AvgIpc) is 2.71. The van der Waals surface area contributed by atoms with Crippen LogP contribution in [0.3, 0.4) is 0 Å². The predicted molar refractivity (Wildman–Crippen MR) is 100 cm³/mol. The number of fused-ring (bicyclic) bond motifs is 1. The molecule has 8 nitrogen and oxygen atoms in total. The second kappa shape index (κ2) is 7.69. The van der Waals surface area contributed by atoms with E-state index in [0.29, 0.717) is 22.6 Å². The summed E-state index contributed by atoms with van der Waals surface area (Å²) in [6.07, 6.45) is -0.226. The number of para-hydroxylation sites is 1. The molecule has 4 N–H and O–H groups in total. The van der Waals surface area contributed by atoms with Crippen LogP contribution in [0.5, 0.6) is 0 Å². The summed E-state index contributed by atoms with van der Waals surface area (Å²) in [6.45, 7) is 1.39. The maximum atomic E-state index is 12.3. The van der Waals surface area contributed by atoms with Crippen molar-refractivity contribution in [3.63, 3.8) is 0 Å². The van der Waals surface area contributed by atoms with Crippen molar-refractivity contribution in [1.29, 1.82) is 0 Å². The minimum atomic E-state index is -0.997. The lowest BCUT2D eigenvalue weighted by atomic mass is 10.1. The number of carbonyl (C=O) groups excluding carboxylic acids is 4. The zero-order valence-corrected chi connectivity index (χ0v) is 14.5. The van der Waals surface area contributed by atoms with Crippen LogP contribution in [0.1, 0.15) is 23.7 Å². The Morgan fingerprint density at radius 3 is 2.44 bits per heavy atom. The third kappa shape index (κ3) is 4.49. The summed E-state index contributed by atoms with van der Waals surface area (Å²) in [5, 5.41) is 10.5. The maximum Gasteiger partial charge on any atom is 0.254 e. The first kappa shape index (κ1) is 18.1. The number of hydrogen-bond acceptors (Lipinski definition) is 4. The maximum absolute atomic E-state index is 12.3. The monoisotopic (exact) mass is 366 g/mol. The largest absolute Gasteiger partial charge is 0.340 e. The quantitative estimate of drug-likeness (QED) is 0.659. The molecule has 0 saturated carbocycles. The van der Waals surface area contributed by atoms with Crippen LogP contribution < -0.4 is 21.3 Å². The fraction of sp³-hybridized carbons (Fsp3) is 0.158. The molecule has 0 saturated heterocycles. The van der Waals surface area contributed by atoms with E-state index in [9.17, 15) is 19.2 Å². The van der Waals surface area contributed by atoms with Crippen molar-refractivity contribution in [3.05, 3.63) is 54.1 Å². The molecule has 2 aromatic carbocycles. The molecule has 8 heteroatoms. The Morgan fingerprint density at radius 1 is 1.00 bits per heavy atom. The van der Waals surface area contributed by atoms with E-state index in [2.05, 4.69) is 21.3 Å². The van der Waals surface area contributed by atoms with Gasteiger partial charge in [-0.3, -0.25) is 19.2 Å². The standard InChI is InChI=1S/C19H18N4O4/c1-11(24)20-12-5-4-6-13(9-12)21-17(25)10-16-19(27)22-15-8-3-2-7-14(15)18(26)23-16/h2-9,16H,10H2,1H3,(H,20,24)(H,21,25)(H,22,27)(H,23,26)/t16-/m0/s1. The molecular weight excluding hydrogens is 348 g/mol. The molecule has 27 heavy (non-hydrogen) atoms. The Labute approximate surface area is 155 Å². The first-order chi connectivity index (χ1) is 12.9. The van der Waals surface area contributed by atoms with Gasteiger partial charge in [0.1, 0.15) is 6.04 Å². The number of rotatable bonds is 4. The first-order valence-corrected chi connectivity index (χ1v) is 8.30. The van der Waals surface area contributed by atoms with Crippen LogP contribution in [0.4, 0.5) is 17.1 Å². The first-order valence-electron chi connectivity index (χ1n) is 8.30. The van der Waals surface area contributed by atoms with Gasteiger partial charge in [-0.05, 0) is 30.3 Å². The minimum Gasteiger partial charge on any atom is -0.340 e. The van der Waals surface area contributed by atoms with Crippen LogP contribution in [0.2, 0.25) is 0 Å². The molecule has 1 aliphatic heterocycles. The highest BCUT2D eigenvalue weighted by molar-refractivity contribution is 6.11. The molecule has 0 fully saturated rings. The van der Waals surface area contributed by atoms with Crippen molar-refractivity contribution >= 4 is 40.7 Å². The minimum absolute atomic E-state index is 0.226. The second-order valence-corrected chi connectivity index (χ2v) is 6.08. The third-order valence-electron chi connectivity index (χ3n) is 3.91. The third-order valence-corrected chi connectivity index (χ3v) is 3.91. The number of benzene rings is 2. The normalized spacial score (nSPS) is 15.7. The second-order valence-electron chi connectivity index (χ2n) is 6.08. The summed E-state index contributed by atoms with van der Waals surface area (Å²) < 4.78 is 0. The summed E-state index contributed by atoms with van der Waals surface area (Å²) in [7, 11) is 0. The van der Waals surface area contributed by atoms with E-state index in [4.69, 9.17) is 0 Å². The molecule has 3 rings (SSSR count). The van der Waals surface area contributed by atoms with Crippen molar-refractivity contribution in [3.8, 4) is 0 Å². The highest BCUT2D eigenvalue weighted by atomic mass is 16.2. The molecule has 0 bridgehead atoms. The van der Waals surface area contributed by atoms with Crippen LogP contribution in [-0.4, -0.2) is 29.7 Å². The van der Waals surface area contributed by atoms with Crippen LogP contribution in [0, 0.1) is 0 Å². The lowest BCUT2D eigenvalue weighted by molar-refractivity contribution is -0.122. The highest BCUT2D eigenvalue weighted by Crippen LogP contribution is 2.19. The van der Waals surface area contributed by atoms with Crippen molar-refractivity contribution < 1.29 is 19.2 Å². The highest BCUT2D eigenvalue weighted by Gasteiger charge is 2.29. The van der Waals surface area contributed by atoms with Gasteiger partial charge in [-0.15, -0.1) is 0 Å². The van der Waals surface area contributed by atoms with Crippen molar-refractivity contribution in [2.45, 2.75) is 19.4 Å². The summed E-state index contributed by atoms with van der Waals surface area (Å²) >= 11 is 0. The van der Waals surface area contributed by atoms with E-state index >= 15 is 0 Å². The number of amides is 4. The van der Waals surface area contributed by atoms with Crippen LogP contribution in [-0.2, 0) is 14.4 Å². The Hall–Kier alpha value is -3.68. The van der Waals surface area contributed by atoms with Gasteiger partial charge in [0.2, 0.25) is 17.7 Å². The molecule has 2 aromatic rings. The van der Waals surface area contributed by atoms with Gasteiger partial charge in [-0.1, -0.05) is 18.2 Å². The van der Waals surface area contributed by atoms with E-state index < -0.39 is 23.8 Å². The molecule has 1 heterocycles. The smallest absolute Gasteiger partial charge is 0.254 e. The van der Waals surface area contributed by atoms with Gasteiger partial charge in [-0.25, -0.2) is 0 Å². The molecule has 0 spiro atoms. The lowest BCUT2D eigenvalue weighted by Crippen LogP contribution is -2.43. The van der Waals surface area contributed by atoms with Crippen LogP contribution >= 0.6 is 0 Å². The molecular formula is C19H18N4O4. The van der Waals surface area contributed by atoms with Gasteiger partial charge in [0.05, 0.1) is 17.7 Å². The molecule has 0 radical (unpaired) electrons. The topological polar surface area (TPSA) is 116 Å². The van der Waals surface area contributed by atoms with E-state index in [1.165, 1.54) is 6.92 Å². The summed E-state index contributed by atoms with van der Waals surface area (Å²) in [5.74, 6) is -1.55. The van der Waals surface area contributed by atoms with Gasteiger partial charge in [-0.2, -0.15) is 0 Å². The zero-order valence-electron chi connectivity index (χ0n) is 14.5. The van der Waals surface area contributed by atoms with Crippen LogP contribution in [0.15, 0.2) is 48.5 Å².